The minimum atomic E-state index is 0. The Morgan fingerprint density at radius 2 is 2.00 bits per heavy atom. The van der Waals surface area contributed by atoms with Crippen LogP contribution in [0.4, 0.5) is 0 Å². The van der Waals surface area contributed by atoms with Crippen molar-refractivity contribution in [3.63, 3.8) is 0 Å². The van der Waals surface area contributed by atoms with Crippen LogP contribution in [-0.2, 0) is 9.59 Å². The van der Waals surface area contributed by atoms with E-state index in [2.05, 4.69) is 10.6 Å². The first-order chi connectivity index (χ1) is 10.1. The molecular weight excluding hydrogens is 302 g/mol. The highest BCUT2D eigenvalue weighted by Crippen LogP contribution is 2.26. The molecule has 5 nitrogen and oxygen atoms in total. The van der Waals surface area contributed by atoms with Gasteiger partial charge in [0.15, 0.2) is 0 Å². The molecule has 128 valence electrons. The van der Waals surface area contributed by atoms with Crippen LogP contribution in [0.3, 0.4) is 0 Å². The SMILES string of the molecule is CN(C)C(=O)C1CCCC(NC(=O)CCC2CCNC2)C1.Cl. The molecule has 2 N–H and O–H groups in total. The summed E-state index contributed by atoms with van der Waals surface area (Å²) in [6, 6.07) is 0.182. The topological polar surface area (TPSA) is 61.4 Å². The summed E-state index contributed by atoms with van der Waals surface area (Å²) in [6.07, 6.45) is 6.58. The van der Waals surface area contributed by atoms with E-state index in [-0.39, 0.29) is 36.2 Å². The summed E-state index contributed by atoms with van der Waals surface area (Å²) in [7, 11) is 3.61. The molecule has 1 aliphatic carbocycles. The lowest BCUT2D eigenvalue weighted by Gasteiger charge is -2.30. The molecule has 0 aromatic heterocycles. The number of nitrogens with one attached hydrogen (secondary N) is 2. The monoisotopic (exact) mass is 331 g/mol. The Kier molecular flexibility index (Phi) is 8.18. The number of rotatable bonds is 5. The lowest BCUT2D eigenvalue weighted by molar-refractivity contribution is -0.134. The second kappa shape index (κ2) is 9.36. The van der Waals surface area contributed by atoms with Crippen LogP contribution in [0, 0.1) is 11.8 Å². The Hall–Kier alpha value is -0.810. The van der Waals surface area contributed by atoms with Crippen molar-refractivity contribution >= 4 is 24.2 Å². The first-order valence-corrected chi connectivity index (χ1v) is 8.27. The zero-order valence-corrected chi connectivity index (χ0v) is 14.6. The van der Waals surface area contributed by atoms with E-state index in [1.54, 1.807) is 19.0 Å². The van der Waals surface area contributed by atoms with Gasteiger partial charge in [0.25, 0.3) is 0 Å². The molecule has 0 spiro atoms. The van der Waals surface area contributed by atoms with Crippen molar-refractivity contribution in [2.45, 2.75) is 51.0 Å². The molecule has 1 heterocycles. The van der Waals surface area contributed by atoms with E-state index < -0.39 is 0 Å². The lowest BCUT2D eigenvalue weighted by Crippen LogP contribution is -2.42. The van der Waals surface area contributed by atoms with Gasteiger partial charge < -0.3 is 15.5 Å². The maximum atomic E-state index is 12.1. The summed E-state index contributed by atoms with van der Waals surface area (Å²) < 4.78 is 0. The summed E-state index contributed by atoms with van der Waals surface area (Å²) in [5.74, 6) is 1.10. The summed E-state index contributed by atoms with van der Waals surface area (Å²) in [6.45, 7) is 2.14. The van der Waals surface area contributed by atoms with Crippen molar-refractivity contribution in [2.24, 2.45) is 11.8 Å². The standard InChI is InChI=1S/C16H29N3O2.ClH/c1-19(2)16(21)13-4-3-5-14(10-13)18-15(20)7-6-12-8-9-17-11-12;/h12-14,17H,3-11H2,1-2H3,(H,18,20);1H. The number of nitrogens with zero attached hydrogens (tertiary/aromatic N) is 1. The first-order valence-electron chi connectivity index (χ1n) is 8.27. The Labute approximate surface area is 140 Å². The van der Waals surface area contributed by atoms with Gasteiger partial charge in [-0.2, -0.15) is 0 Å². The number of hydrogen-bond donors (Lipinski definition) is 2. The predicted molar refractivity (Wildman–Crippen MR) is 90.0 cm³/mol. The predicted octanol–water partition coefficient (Wildman–Crippen LogP) is 1.56. The molecule has 0 radical (unpaired) electrons. The smallest absolute Gasteiger partial charge is 0.225 e. The second-order valence-corrected chi connectivity index (χ2v) is 6.76. The number of carbonyl (C=O) groups excluding carboxylic acids is 2. The van der Waals surface area contributed by atoms with Crippen LogP contribution in [0.15, 0.2) is 0 Å². The van der Waals surface area contributed by atoms with Gasteiger partial charge in [0, 0.05) is 32.5 Å². The Bertz CT molecular complexity index is 370. The molecule has 0 aromatic carbocycles. The third-order valence-corrected chi connectivity index (χ3v) is 4.77. The van der Waals surface area contributed by atoms with Gasteiger partial charge in [-0.15, -0.1) is 12.4 Å². The van der Waals surface area contributed by atoms with Crippen LogP contribution in [0.5, 0.6) is 0 Å². The Morgan fingerprint density at radius 3 is 2.64 bits per heavy atom. The molecule has 2 fully saturated rings. The van der Waals surface area contributed by atoms with Crippen molar-refractivity contribution < 1.29 is 9.59 Å². The molecule has 1 aliphatic heterocycles. The van der Waals surface area contributed by atoms with Crippen LogP contribution in [0.2, 0.25) is 0 Å². The minimum absolute atomic E-state index is 0. The summed E-state index contributed by atoms with van der Waals surface area (Å²) in [4.78, 5) is 25.8. The highest BCUT2D eigenvalue weighted by Gasteiger charge is 2.29. The van der Waals surface area contributed by atoms with E-state index in [0.717, 1.165) is 45.2 Å². The highest BCUT2D eigenvalue weighted by molar-refractivity contribution is 5.85. The van der Waals surface area contributed by atoms with E-state index in [1.807, 2.05) is 0 Å². The fourth-order valence-corrected chi connectivity index (χ4v) is 3.51. The molecule has 0 bridgehead atoms. The van der Waals surface area contributed by atoms with Gasteiger partial charge in [-0.1, -0.05) is 6.42 Å². The van der Waals surface area contributed by atoms with E-state index in [9.17, 15) is 9.59 Å². The quantitative estimate of drug-likeness (QED) is 0.803. The van der Waals surface area contributed by atoms with Gasteiger partial charge in [-0.3, -0.25) is 9.59 Å². The normalized spacial score (nSPS) is 27.8. The van der Waals surface area contributed by atoms with Crippen LogP contribution < -0.4 is 10.6 Å². The third kappa shape index (κ3) is 5.76. The summed E-state index contributed by atoms with van der Waals surface area (Å²) in [5.41, 5.74) is 0. The molecule has 3 atom stereocenters. The molecule has 0 aromatic rings. The van der Waals surface area contributed by atoms with E-state index in [0.29, 0.717) is 12.3 Å². The molecule has 2 amide bonds. The molecule has 1 saturated heterocycles. The molecule has 2 rings (SSSR count). The molecular formula is C16H30ClN3O2. The van der Waals surface area contributed by atoms with Crippen LogP contribution in [0.1, 0.15) is 44.9 Å². The van der Waals surface area contributed by atoms with Gasteiger partial charge >= 0.3 is 0 Å². The van der Waals surface area contributed by atoms with Crippen molar-refractivity contribution in [1.82, 2.24) is 15.5 Å². The van der Waals surface area contributed by atoms with Crippen molar-refractivity contribution in [3.8, 4) is 0 Å². The van der Waals surface area contributed by atoms with Gasteiger partial charge in [0.05, 0.1) is 0 Å². The molecule has 3 unspecified atom stereocenters. The average Bonchev–Trinajstić information content (AvgIpc) is 2.98. The third-order valence-electron chi connectivity index (χ3n) is 4.77. The largest absolute Gasteiger partial charge is 0.353 e. The van der Waals surface area contributed by atoms with Crippen LogP contribution >= 0.6 is 12.4 Å². The fraction of sp³-hybridized carbons (Fsp3) is 0.875. The molecule has 1 saturated carbocycles. The van der Waals surface area contributed by atoms with Crippen LogP contribution in [-0.4, -0.2) is 49.9 Å². The molecule has 22 heavy (non-hydrogen) atoms. The average molecular weight is 332 g/mol. The van der Waals surface area contributed by atoms with Gasteiger partial charge in [-0.25, -0.2) is 0 Å². The minimum Gasteiger partial charge on any atom is -0.353 e. The number of hydrogen-bond acceptors (Lipinski definition) is 3. The van der Waals surface area contributed by atoms with Crippen molar-refractivity contribution in [1.29, 1.82) is 0 Å². The van der Waals surface area contributed by atoms with E-state index in [1.165, 1.54) is 6.42 Å². The maximum Gasteiger partial charge on any atom is 0.225 e. The summed E-state index contributed by atoms with van der Waals surface area (Å²) >= 11 is 0. The van der Waals surface area contributed by atoms with Crippen molar-refractivity contribution in [2.75, 3.05) is 27.2 Å². The highest BCUT2D eigenvalue weighted by atomic mass is 35.5. The Balaban J connectivity index is 0.00000242. The van der Waals surface area contributed by atoms with Crippen LogP contribution in [0.25, 0.3) is 0 Å². The lowest BCUT2D eigenvalue weighted by atomic mass is 9.84. The fourth-order valence-electron chi connectivity index (χ4n) is 3.51. The maximum absolute atomic E-state index is 12.1. The zero-order valence-electron chi connectivity index (χ0n) is 13.8. The van der Waals surface area contributed by atoms with Gasteiger partial charge in [0.2, 0.25) is 11.8 Å². The Morgan fingerprint density at radius 1 is 1.23 bits per heavy atom. The first kappa shape index (κ1) is 19.2. The van der Waals surface area contributed by atoms with E-state index >= 15 is 0 Å². The number of carbonyl (C=O) groups is 2. The van der Waals surface area contributed by atoms with Crippen molar-refractivity contribution in [3.05, 3.63) is 0 Å². The molecule has 6 heteroatoms. The second-order valence-electron chi connectivity index (χ2n) is 6.76. The zero-order chi connectivity index (χ0) is 15.2. The number of amides is 2. The van der Waals surface area contributed by atoms with Gasteiger partial charge in [0.1, 0.15) is 0 Å². The summed E-state index contributed by atoms with van der Waals surface area (Å²) in [5, 5.41) is 6.47. The van der Waals surface area contributed by atoms with E-state index in [4.69, 9.17) is 0 Å². The number of halogens is 1. The van der Waals surface area contributed by atoms with Gasteiger partial charge in [-0.05, 0) is 51.1 Å². The molecule has 2 aliphatic rings.